The van der Waals surface area contributed by atoms with Crippen LogP contribution in [0.25, 0.3) is 0 Å². The number of benzene rings is 1. The van der Waals surface area contributed by atoms with E-state index in [2.05, 4.69) is 54.9 Å². The Balaban J connectivity index is 2.04. The van der Waals surface area contributed by atoms with Crippen LogP contribution in [-0.4, -0.2) is 23.0 Å². The summed E-state index contributed by atoms with van der Waals surface area (Å²) in [4.78, 5) is 6.65. The molecule has 0 aliphatic heterocycles. The van der Waals surface area contributed by atoms with Gasteiger partial charge in [0.15, 0.2) is 0 Å². The summed E-state index contributed by atoms with van der Waals surface area (Å²) in [7, 11) is 0. The van der Waals surface area contributed by atoms with Crippen LogP contribution in [-0.2, 0) is 18.5 Å². The molecule has 0 aliphatic rings. The lowest BCUT2D eigenvalue weighted by molar-refractivity contribution is 0.230. The molecule has 0 bridgehead atoms. The lowest BCUT2D eigenvalue weighted by atomic mass is 9.94. The van der Waals surface area contributed by atoms with Crippen molar-refractivity contribution in [3.05, 3.63) is 53.7 Å². The molecule has 4 nitrogen and oxygen atoms in total. The van der Waals surface area contributed by atoms with Gasteiger partial charge in [0.2, 0.25) is 5.89 Å². The average Bonchev–Trinajstić information content (AvgIpc) is 2.89. The van der Waals surface area contributed by atoms with Crippen LogP contribution < -0.4 is 5.73 Å². The van der Waals surface area contributed by atoms with E-state index in [0.717, 1.165) is 24.7 Å². The molecule has 1 heterocycles. The molecule has 0 amide bonds. The third-order valence-electron chi connectivity index (χ3n) is 3.35. The second kappa shape index (κ2) is 6.87. The molecule has 0 atom stereocenters. The molecule has 2 N–H and O–H groups in total. The topological polar surface area (TPSA) is 55.3 Å². The molecule has 4 heteroatoms. The van der Waals surface area contributed by atoms with Gasteiger partial charge in [0.05, 0.1) is 12.7 Å². The van der Waals surface area contributed by atoms with Gasteiger partial charge in [-0.15, -0.1) is 0 Å². The van der Waals surface area contributed by atoms with Gasteiger partial charge < -0.3 is 10.2 Å². The number of hydrogen-bond donors (Lipinski definition) is 1. The largest absolute Gasteiger partial charge is 0.444 e. The molecule has 0 spiro atoms. The maximum Gasteiger partial charge on any atom is 0.208 e. The van der Waals surface area contributed by atoms with E-state index in [1.54, 1.807) is 0 Å². The Bertz CT molecular complexity index is 543. The van der Waals surface area contributed by atoms with E-state index in [1.165, 1.54) is 5.56 Å². The van der Waals surface area contributed by atoms with E-state index in [0.29, 0.717) is 13.1 Å². The molecule has 1 aromatic carbocycles. The summed E-state index contributed by atoms with van der Waals surface area (Å²) in [6, 6.07) is 10.4. The van der Waals surface area contributed by atoms with E-state index in [9.17, 15) is 0 Å². The number of aromatic nitrogens is 1. The molecular formula is C17H25N3O. The first-order valence-electron chi connectivity index (χ1n) is 7.40. The van der Waals surface area contributed by atoms with Crippen molar-refractivity contribution in [3.8, 4) is 0 Å². The van der Waals surface area contributed by atoms with Crippen molar-refractivity contribution in [2.24, 2.45) is 5.73 Å². The first-order chi connectivity index (χ1) is 9.99. The Hall–Kier alpha value is -1.65. The zero-order valence-electron chi connectivity index (χ0n) is 13.2. The van der Waals surface area contributed by atoms with Crippen LogP contribution in [0.2, 0.25) is 0 Å². The normalized spacial score (nSPS) is 12.0. The van der Waals surface area contributed by atoms with Gasteiger partial charge in [-0.3, -0.25) is 4.90 Å². The smallest absolute Gasteiger partial charge is 0.208 e. The summed E-state index contributed by atoms with van der Waals surface area (Å²) in [5, 5.41) is 0. The van der Waals surface area contributed by atoms with Gasteiger partial charge in [-0.1, -0.05) is 51.1 Å². The van der Waals surface area contributed by atoms with E-state index in [1.807, 2.05) is 12.3 Å². The Morgan fingerprint density at radius 2 is 1.86 bits per heavy atom. The summed E-state index contributed by atoms with van der Waals surface area (Å²) in [5.41, 5.74) is 6.98. The van der Waals surface area contributed by atoms with Gasteiger partial charge in [-0.05, 0) is 5.56 Å². The van der Waals surface area contributed by atoms with Crippen LogP contribution in [0.15, 0.2) is 40.9 Å². The van der Waals surface area contributed by atoms with Crippen LogP contribution in [0, 0.1) is 0 Å². The molecule has 0 saturated heterocycles. The van der Waals surface area contributed by atoms with Gasteiger partial charge in [-0.25, -0.2) is 4.98 Å². The SMILES string of the molecule is CC(C)(C)c1cnc(CN(CCN)Cc2ccccc2)o1. The zero-order chi connectivity index (χ0) is 15.3. The molecule has 0 saturated carbocycles. The molecule has 21 heavy (non-hydrogen) atoms. The van der Waals surface area contributed by atoms with E-state index >= 15 is 0 Å². The monoisotopic (exact) mass is 287 g/mol. The second-order valence-corrected chi connectivity index (χ2v) is 6.35. The fourth-order valence-electron chi connectivity index (χ4n) is 2.16. The highest BCUT2D eigenvalue weighted by molar-refractivity contribution is 5.14. The highest BCUT2D eigenvalue weighted by Gasteiger charge is 2.20. The predicted octanol–water partition coefficient (Wildman–Crippen LogP) is 2.93. The van der Waals surface area contributed by atoms with Crippen LogP contribution in [0.1, 0.15) is 38.0 Å². The zero-order valence-corrected chi connectivity index (χ0v) is 13.2. The van der Waals surface area contributed by atoms with Gasteiger partial charge in [0.1, 0.15) is 5.76 Å². The quantitative estimate of drug-likeness (QED) is 0.887. The lowest BCUT2D eigenvalue weighted by Crippen LogP contribution is -2.28. The summed E-state index contributed by atoms with van der Waals surface area (Å²) in [6.07, 6.45) is 1.83. The molecular weight excluding hydrogens is 262 g/mol. The molecule has 1 aromatic heterocycles. The highest BCUT2D eigenvalue weighted by Crippen LogP contribution is 2.23. The highest BCUT2D eigenvalue weighted by atomic mass is 16.4. The average molecular weight is 287 g/mol. The molecule has 0 fully saturated rings. The Labute approximate surface area is 127 Å². The lowest BCUT2D eigenvalue weighted by Gasteiger charge is -2.20. The first kappa shape index (κ1) is 15.7. The number of nitrogens with two attached hydrogens (primary N) is 1. The van der Waals surface area contributed by atoms with Gasteiger partial charge in [0, 0.05) is 25.0 Å². The van der Waals surface area contributed by atoms with Crippen molar-refractivity contribution in [3.63, 3.8) is 0 Å². The van der Waals surface area contributed by atoms with E-state index < -0.39 is 0 Å². The minimum Gasteiger partial charge on any atom is -0.444 e. The number of oxazole rings is 1. The van der Waals surface area contributed by atoms with E-state index in [4.69, 9.17) is 10.2 Å². The van der Waals surface area contributed by atoms with Crippen LogP contribution >= 0.6 is 0 Å². The van der Waals surface area contributed by atoms with Crippen LogP contribution in [0.4, 0.5) is 0 Å². The summed E-state index contributed by atoms with van der Waals surface area (Å²) in [5.74, 6) is 1.68. The molecule has 114 valence electrons. The fraction of sp³-hybridized carbons (Fsp3) is 0.471. The van der Waals surface area contributed by atoms with Gasteiger partial charge >= 0.3 is 0 Å². The molecule has 2 rings (SSSR count). The number of hydrogen-bond acceptors (Lipinski definition) is 4. The van der Waals surface area contributed by atoms with E-state index in [-0.39, 0.29) is 5.41 Å². The first-order valence-corrected chi connectivity index (χ1v) is 7.40. The number of nitrogens with zero attached hydrogens (tertiary/aromatic N) is 2. The molecule has 0 radical (unpaired) electrons. The van der Waals surface area contributed by atoms with Crippen molar-refractivity contribution < 1.29 is 4.42 Å². The fourth-order valence-corrected chi connectivity index (χ4v) is 2.16. The third-order valence-corrected chi connectivity index (χ3v) is 3.35. The minimum absolute atomic E-state index is 0.0105. The molecule has 0 unspecified atom stereocenters. The third kappa shape index (κ3) is 4.69. The van der Waals surface area contributed by atoms with Crippen molar-refractivity contribution in [1.82, 2.24) is 9.88 Å². The van der Waals surface area contributed by atoms with Crippen molar-refractivity contribution in [2.45, 2.75) is 39.3 Å². The molecule has 0 aliphatic carbocycles. The van der Waals surface area contributed by atoms with Crippen molar-refractivity contribution in [1.29, 1.82) is 0 Å². The Morgan fingerprint density at radius 3 is 2.43 bits per heavy atom. The van der Waals surface area contributed by atoms with Crippen molar-refractivity contribution >= 4 is 0 Å². The van der Waals surface area contributed by atoms with Gasteiger partial charge in [-0.2, -0.15) is 0 Å². The minimum atomic E-state index is -0.0105. The van der Waals surface area contributed by atoms with Crippen LogP contribution in [0.5, 0.6) is 0 Å². The Morgan fingerprint density at radius 1 is 1.14 bits per heavy atom. The molecule has 2 aromatic rings. The Kier molecular flexibility index (Phi) is 5.15. The summed E-state index contributed by atoms with van der Waals surface area (Å²) < 4.78 is 5.87. The van der Waals surface area contributed by atoms with Crippen molar-refractivity contribution in [2.75, 3.05) is 13.1 Å². The maximum absolute atomic E-state index is 5.87. The summed E-state index contributed by atoms with van der Waals surface area (Å²) in [6.45, 7) is 9.35. The predicted molar refractivity (Wildman–Crippen MR) is 84.8 cm³/mol. The number of rotatable bonds is 6. The summed E-state index contributed by atoms with van der Waals surface area (Å²) >= 11 is 0. The van der Waals surface area contributed by atoms with Crippen LogP contribution in [0.3, 0.4) is 0 Å². The maximum atomic E-state index is 5.87. The van der Waals surface area contributed by atoms with Gasteiger partial charge in [0.25, 0.3) is 0 Å². The second-order valence-electron chi connectivity index (χ2n) is 6.35. The standard InChI is InChI=1S/C17H25N3O/c1-17(2,3)15-11-19-16(21-15)13-20(10-9-18)12-14-7-5-4-6-8-14/h4-8,11H,9-10,12-13,18H2,1-3H3.